The predicted molar refractivity (Wildman–Crippen MR) is 102 cm³/mol. The average Bonchev–Trinajstić information content (AvgIpc) is 2.68. The van der Waals surface area contributed by atoms with Gasteiger partial charge in [0.05, 0.1) is 20.8 Å². The molecule has 7 heteroatoms. The fourth-order valence-electron chi connectivity index (χ4n) is 2.36. The zero-order chi connectivity index (χ0) is 18.8. The maximum atomic E-state index is 5.93. The van der Waals surface area contributed by atoms with Crippen molar-refractivity contribution in [2.24, 2.45) is 4.99 Å². The molecule has 0 aliphatic rings. The van der Waals surface area contributed by atoms with Crippen LogP contribution in [0.15, 0.2) is 47.6 Å². The second-order valence-corrected chi connectivity index (χ2v) is 5.56. The van der Waals surface area contributed by atoms with Crippen molar-refractivity contribution in [1.82, 2.24) is 15.6 Å². The number of ether oxygens (including phenoxy) is 3. The van der Waals surface area contributed by atoms with Crippen LogP contribution >= 0.6 is 0 Å². The van der Waals surface area contributed by atoms with Gasteiger partial charge in [0.1, 0.15) is 6.10 Å². The topological polar surface area (TPSA) is 77.0 Å². The average molecular weight is 358 g/mol. The highest BCUT2D eigenvalue weighted by Crippen LogP contribution is 2.26. The Balaban J connectivity index is 1.84. The third-order valence-electron chi connectivity index (χ3n) is 3.67. The molecule has 1 unspecified atom stereocenters. The van der Waals surface area contributed by atoms with Crippen molar-refractivity contribution in [3.63, 3.8) is 0 Å². The third-order valence-corrected chi connectivity index (χ3v) is 3.67. The van der Waals surface area contributed by atoms with E-state index in [4.69, 9.17) is 14.2 Å². The molecule has 2 rings (SSSR count). The number of hydrogen-bond acceptors (Lipinski definition) is 5. The molecule has 2 N–H and O–H groups in total. The molecule has 0 spiro atoms. The lowest BCUT2D eigenvalue weighted by molar-refractivity contribution is 0.213. The van der Waals surface area contributed by atoms with Crippen LogP contribution in [0.2, 0.25) is 0 Å². The SMILES string of the molecule is CN=C(NCc1cccnc1OC)NCC(C)Oc1ccccc1OC. The van der Waals surface area contributed by atoms with Crippen LogP contribution in [-0.2, 0) is 6.54 Å². The van der Waals surface area contributed by atoms with Gasteiger partial charge in [0.25, 0.3) is 0 Å². The van der Waals surface area contributed by atoms with Gasteiger partial charge in [-0.2, -0.15) is 0 Å². The zero-order valence-corrected chi connectivity index (χ0v) is 15.7. The number of nitrogens with one attached hydrogen (secondary N) is 2. The van der Waals surface area contributed by atoms with Gasteiger partial charge < -0.3 is 24.8 Å². The monoisotopic (exact) mass is 358 g/mol. The molecule has 0 aliphatic carbocycles. The van der Waals surface area contributed by atoms with Crippen molar-refractivity contribution in [3.8, 4) is 17.4 Å². The Labute approximate surface area is 154 Å². The van der Waals surface area contributed by atoms with Crippen molar-refractivity contribution >= 4 is 5.96 Å². The van der Waals surface area contributed by atoms with Crippen LogP contribution in [0, 0.1) is 0 Å². The second kappa shape index (κ2) is 10.1. The van der Waals surface area contributed by atoms with E-state index in [1.54, 1.807) is 27.5 Å². The molecule has 0 aliphatic heterocycles. The Morgan fingerprint density at radius 2 is 1.85 bits per heavy atom. The number of methoxy groups -OCH3 is 2. The first-order valence-electron chi connectivity index (χ1n) is 8.40. The van der Waals surface area contributed by atoms with Gasteiger partial charge in [0.2, 0.25) is 5.88 Å². The van der Waals surface area contributed by atoms with Gasteiger partial charge in [0, 0.05) is 25.4 Å². The summed E-state index contributed by atoms with van der Waals surface area (Å²) in [6, 6.07) is 11.4. The highest BCUT2D eigenvalue weighted by molar-refractivity contribution is 5.79. The number of para-hydroxylation sites is 2. The fourth-order valence-corrected chi connectivity index (χ4v) is 2.36. The van der Waals surface area contributed by atoms with Gasteiger partial charge in [-0.05, 0) is 25.1 Å². The molecule has 1 atom stereocenters. The molecule has 7 nitrogen and oxygen atoms in total. The Bertz CT molecular complexity index is 721. The van der Waals surface area contributed by atoms with Crippen LogP contribution in [0.4, 0.5) is 0 Å². The van der Waals surface area contributed by atoms with E-state index in [1.807, 2.05) is 43.3 Å². The standard InChI is InChI=1S/C19H26N4O3/c1-14(26-17-10-6-5-9-16(17)24-3)12-22-19(20-2)23-13-15-8-7-11-21-18(15)25-4/h5-11,14H,12-13H2,1-4H3,(H2,20,22,23). The molecule has 0 radical (unpaired) electrons. The molecule has 1 heterocycles. The minimum Gasteiger partial charge on any atom is -0.493 e. The van der Waals surface area contributed by atoms with Crippen molar-refractivity contribution in [2.75, 3.05) is 27.8 Å². The molecular weight excluding hydrogens is 332 g/mol. The molecule has 1 aromatic carbocycles. The van der Waals surface area contributed by atoms with E-state index in [1.165, 1.54) is 0 Å². The number of aromatic nitrogens is 1. The van der Waals surface area contributed by atoms with Crippen molar-refractivity contribution in [2.45, 2.75) is 19.6 Å². The molecule has 0 amide bonds. The van der Waals surface area contributed by atoms with Crippen LogP contribution in [0.25, 0.3) is 0 Å². The van der Waals surface area contributed by atoms with Crippen LogP contribution in [0.1, 0.15) is 12.5 Å². The van der Waals surface area contributed by atoms with Gasteiger partial charge >= 0.3 is 0 Å². The normalized spacial score (nSPS) is 12.2. The molecule has 140 valence electrons. The van der Waals surface area contributed by atoms with Gasteiger partial charge in [0.15, 0.2) is 17.5 Å². The summed E-state index contributed by atoms with van der Waals surface area (Å²) in [6.45, 7) is 3.12. The lowest BCUT2D eigenvalue weighted by atomic mass is 10.2. The van der Waals surface area contributed by atoms with Crippen LogP contribution < -0.4 is 24.8 Å². The Hall–Kier alpha value is -2.96. The summed E-state index contributed by atoms with van der Waals surface area (Å²) in [4.78, 5) is 8.41. The molecule has 0 saturated heterocycles. The van der Waals surface area contributed by atoms with E-state index in [-0.39, 0.29) is 6.10 Å². The van der Waals surface area contributed by atoms with E-state index in [9.17, 15) is 0 Å². The first-order chi connectivity index (χ1) is 12.7. The maximum absolute atomic E-state index is 5.93. The maximum Gasteiger partial charge on any atom is 0.218 e. The number of rotatable bonds is 8. The minimum atomic E-state index is -0.0715. The molecule has 2 aromatic rings. The lowest BCUT2D eigenvalue weighted by Gasteiger charge is -2.19. The van der Waals surface area contributed by atoms with Gasteiger partial charge in [-0.3, -0.25) is 4.99 Å². The largest absolute Gasteiger partial charge is 0.493 e. The second-order valence-electron chi connectivity index (χ2n) is 5.56. The number of benzene rings is 1. The third kappa shape index (κ3) is 5.54. The molecular formula is C19H26N4O3. The van der Waals surface area contributed by atoms with E-state index in [0.29, 0.717) is 36.4 Å². The summed E-state index contributed by atoms with van der Waals surface area (Å²) in [5, 5.41) is 6.49. The van der Waals surface area contributed by atoms with Gasteiger partial charge in [-0.25, -0.2) is 4.98 Å². The van der Waals surface area contributed by atoms with Crippen LogP contribution in [0.5, 0.6) is 17.4 Å². The van der Waals surface area contributed by atoms with Crippen LogP contribution in [0.3, 0.4) is 0 Å². The summed E-state index contributed by atoms with van der Waals surface area (Å²) in [5.41, 5.74) is 0.955. The molecule has 0 bridgehead atoms. The Morgan fingerprint density at radius 1 is 1.08 bits per heavy atom. The number of nitrogens with zero attached hydrogens (tertiary/aromatic N) is 2. The van der Waals surface area contributed by atoms with E-state index in [0.717, 1.165) is 5.56 Å². The molecule has 0 fully saturated rings. The van der Waals surface area contributed by atoms with Crippen molar-refractivity contribution in [3.05, 3.63) is 48.2 Å². The van der Waals surface area contributed by atoms with Gasteiger partial charge in [-0.15, -0.1) is 0 Å². The zero-order valence-electron chi connectivity index (χ0n) is 15.7. The summed E-state index contributed by atoms with van der Waals surface area (Å²) in [5.74, 6) is 2.70. The molecule has 0 saturated carbocycles. The quantitative estimate of drug-likeness (QED) is 0.557. The highest BCUT2D eigenvalue weighted by atomic mass is 16.5. The van der Waals surface area contributed by atoms with Crippen molar-refractivity contribution < 1.29 is 14.2 Å². The van der Waals surface area contributed by atoms with E-state index >= 15 is 0 Å². The van der Waals surface area contributed by atoms with Crippen molar-refractivity contribution in [1.29, 1.82) is 0 Å². The Morgan fingerprint density at radius 3 is 2.54 bits per heavy atom. The first-order valence-corrected chi connectivity index (χ1v) is 8.40. The highest BCUT2D eigenvalue weighted by Gasteiger charge is 2.10. The molecule has 26 heavy (non-hydrogen) atoms. The molecule has 1 aromatic heterocycles. The number of hydrogen-bond donors (Lipinski definition) is 2. The number of aliphatic imine (C=N–C) groups is 1. The summed E-state index contributed by atoms with van der Waals surface area (Å²) < 4.78 is 16.5. The first kappa shape index (κ1) is 19.4. The fraction of sp³-hybridized carbons (Fsp3) is 0.368. The summed E-state index contributed by atoms with van der Waals surface area (Å²) >= 11 is 0. The lowest BCUT2D eigenvalue weighted by Crippen LogP contribution is -2.41. The van der Waals surface area contributed by atoms with Crippen LogP contribution in [-0.4, -0.2) is 44.9 Å². The summed E-state index contributed by atoms with van der Waals surface area (Å²) in [7, 11) is 4.96. The smallest absolute Gasteiger partial charge is 0.218 e. The number of guanidine groups is 1. The summed E-state index contributed by atoms with van der Waals surface area (Å²) in [6.07, 6.45) is 1.63. The minimum absolute atomic E-state index is 0.0715. The number of pyridine rings is 1. The van der Waals surface area contributed by atoms with Gasteiger partial charge in [-0.1, -0.05) is 18.2 Å². The Kier molecular flexibility index (Phi) is 7.54. The predicted octanol–water partition coefficient (Wildman–Crippen LogP) is 2.23. The van der Waals surface area contributed by atoms with E-state index < -0.39 is 0 Å². The van der Waals surface area contributed by atoms with E-state index in [2.05, 4.69) is 20.6 Å².